The van der Waals surface area contributed by atoms with Gasteiger partial charge in [-0.25, -0.2) is 13.1 Å². The second-order valence-corrected chi connectivity index (χ2v) is 9.30. The molecule has 0 radical (unpaired) electrons. The molecule has 0 aliphatic carbocycles. The summed E-state index contributed by atoms with van der Waals surface area (Å²) < 4.78 is 33.9. The van der Waals surface area contributed by atoms with Gasteiger partial charge in [-0.2, -0.15) is 0 Å². The van der Waals surface area contributed by atoms with Gasteiger partial charge in [-0.15, -0.1) is 11.3 Å². The molecule has 138 valence electrons. The monoisotopic (exact) mass is 411 g/mol. The van der Waals surface area contributed by atoms with Gasteiger partial charge in [0, 0.05) is 21.1 Å². The molecule has 5 nitrogen and oxygen atoms in total. The Bertz CT molecular complexity index is 1010. The van der Waals surface area contributed by atoms with E-state index in [1.54, 1.807) is 13.0 Å². The Morgan fingerprint density at radius 1 is 1.23 bits per heavy atom. The van der Waals surface area contributed by atoms with Gasteiger partial charge >= 0.3 is 0 Å². The standard InChI is InChI=1S/C18H18ClNO4S2/c1-18(21,17-9-12-5-3-4-6-15(12)25-17)11-20-26(22,23)16-10-13(19)7-8-14(16)24-2/h3-10,20-21H,11H2,1-2H3/t18-/m0/s1. The number of thiophene rings is 1. The highest BCUT2D eigenvalue weighted by molar-refractivity contribution is 7.89. The number of aliphatic hydroxyl groups is 1. The van der Waals surface area contributed by atoms with Crippen molar-refractivity contribution >= 4 is 43.0 Å². The van der Waals surface area contributed by atoms with E-state index in [0.29, 0.717) is 4.88 Å². The lowest BCUT2D eigenvalue weighted by molar-refractivity contribution is 0.0666. The number of ether oxygens (including phenoxy) is 1. The van der Waals surface area contributed by atoms with Crippen molar-refractivity contribution in [3.8, 4) is 5.75 Å². The van der Waals surface area contributed by atoms with Crippen LogP contribution in [-0.4, -0.2) is 27.2 Å². The zero-order valence-electron chi connectivity index (χ0n) is 14.2. The van der Waals surface area contributed by atoms with E-state index in [4.69, 9.17) is 16.3 Å². The van der Waals surface area contributed by atoms with Crippen LogP contribution in [0.5, 0.6) is 5.75 Å². The summed E-state index contributed by atoms with van der Waals surface area (Å²) in [6.07, 6.45) is 0. The topological polar surface area (TPSA) is 75.6 Å². The SMILES string of the molecule is COc1ccc(Cl)cc1S(=O)(=O)NC[C@](C)(O)c1cc2ccccc2s1. The van der Waals surface area contributed by atoms with E-state index in [2.05, 4.69) is 4.72 Å². The smallest absolute Gasteiger partial charge is 0.244 e. The molecule has 0 fully saturated rings. The second-order valence-electron chi connectivity index (χ2n) is 6.04. The minimum atomic E-state index is -3.91. The van der Waals surface area contributed by atoms with Gasteiger partial charge in [0.2, 0.25) is 10.0 Å². The number of fused-ring (bicyclic) bond motifs is 1. The third-order valence-electron chi connectivity index (χ3n) is 3.98. The first-order valence-corrected chi connectivity index (χ1v) is 10.5. The van der Waals surface area contributed by atoms with Crippen LogP contribution in [0.25, 0.3) is 10.1 Å². The molecule has 0 aliphatic heterocycles. The zero-order valence-corrected chi connectivity index (χ0v) is 16.6. The zero-order chi connectivity index (χ0) is 18.9. The van der Waals surface area contributed by atoms with Crippen molar-refractivity contribution in [2.45, 2.75) is 17.4 Å². The molecule has 1 heterocycles. The van der Waals surface area contributed by atoms with E-state index in [-0.39, 0.29) is 22.2 Å². The molecule has 0 bridgehead atoms. The molecule has 1 atom stereocenters. The first kappa shape index (κ1) is 19.1. The van der Waals surface area contributed by atoms with Crippen LogP contribution in [0.2, 0.25) is 5.02 Å². The molecule has 0 saturated carbocycles. The van der Waals surface area contributed by atoms with E-state index in [1.165, 1.54) is 30.6 Å². The van der Waals surface area contributed by atoms with Crippen molar-refractivity contribution < 1.29 is 18.3 Å². The number of nitrogens with one attached hydrogen (secondary N) is 1. The van der Waals surface area contributed by atoms with Crippen molar-refractivity contribution in [2.75, 3.05) is 13.7 Å². The van der Waals surface area contributed by atoms with Crippen molar-refractivity contribution in [3.63, 3.8) is 0 Å². The van der Waals surface area contributed by atoms with Gasteiger partial charge in [0.15, 0.2) is 0 Å². The van der Waals surface area contributed by atoms with Crippen LogP contribution in [0, 0.1) is 0 Å². The van der Waals surface area contributed by atoms with E-state index >= 15 is 0 Å². The van der Waals surface area contributed by atoms with Crippen LogP contribution in [0.3, 0.4) is 0 Å². The predicted molar refractivity (Wildman–Crippen MR) is 105 cm³/mol. The predicted octanol–water partition coefficient (Wildman–Crippen LogP) is 3.75. The maximum absolute atomic E-state index is 12.7. The summed E-state index contributed by atoms with van der Waals surface area (Å²) in [5.41, 5.74) is -1.36. The summed E-state index contributed by atoms with van der Waals surface area (Å²) in [4.78, 5) is 0.610. The molecule has 2 N–H and O–H groups in total. The number of halogens is 1. The van der Waals surface area contributed by atoms with Gasteiger partial charge in [0.25, 0.3) is 0 Å². The van der Waals surface area contributed by atoms with E-state index < -0.39 is 15.6 Å². The first-order chi connectivity index (χ1) is 12.2. The summed E-state index contributed by atoms with van der Waals surface area (Å²) in [6.45, 7) is 1.40. The van der Waals surface area contributed by atoms with Crippen molar-refractivity contribution in [3.05, 3.63) is 58.4 Å². The maximum Gasteiger partial charge on any atom is 0.244 e. The van der Waals surface area contributed by atoms with Crippen LogP contribution in [0.1, 0.15) is 11.8 Å². The highest BCUT2D eigenvalue weighted by atomic mass is 35.5. The summed E-state index contributed by atoms with van der Waals surface area (Å²) in [5.74, 6) is 0.184. The molecule has 0 amide bonds. The lowest BCUT2D eigenvalue weighted by Gasteiger charge is -2.22. The van der Waals surface area contributed by atoms with Gasteiger partial charge < -0.3 is 9.84 Å². The van der Waals surface area contributed by atoms with Crippen molar-refractivity contribution in [1.29, 1.82) is 0 Å². The first-order valence-electron chi connectivity index (χ1n) is 7.77. The van der Waals surface area contributed by atoms with E-state index in [0.717, 1.165) is 10.1 Å². The summed E-state index contributed by atoms with van der Waals surface area (Å²) in [7, 11) is -2.53. The third-order valence-corrected chi connectivity index (χ3v) is 7.00. The fourth-order valence-electron chi connectivity index (χ4n) is 2.51. The largest absolute Gasteiger partial charge is 0.495 e. The Kier molecular flexibility index (Phi) is 5.28. The van der Waals surface area contributed by atoms with Crippen molar-refractivity contribution in [1.82, 2.24) is 4.72 Å². The summed E-state index contributed by atoms with van der Waals surface area (Å²) >= 11 is 7.35. The Morgan fingerprint density at radius 3 is 2.65 bits per heavy atom. The number of hydrogen-bond donors (Lipinski definition) is 2. The number of methoxy groups -OCH3 is 1. The van der Waals surface area contributed by atoms with Gasteiger partial charge in [0.1, 0.15) is 16.2 Å². The fourth-order valence-corrected chi connectivity index (χ4v) is 5.18. The quantitative estimate of drug-likeness (QED) is 0.647. The fraction of sp³-hybridized carbons (Fsp3) is 0.222. The van der Waals surface area contributed by atoms with Crippen LogP contribution in [-0.2, 0) is 15.6 Å². The molecule has 1 aromatic heterocycles. The molecule has 26 heavy (non-hydrogen) atoms. The minimum absolute atomic E-state index is 0.0698. The Labute approximate surface area is 161 Å². The number of rotatable bonds is 6. The van der Waals surface area contributed by atoms with Gasteiger partial charge in [0.05, 0.1) is 7.11 Å². The molecule has 8 heteroatoms. The molecular formula is C18H18ClNO4S2. The van der Waals surface area contributed by atoms with Gasteiger partial charge in [-0.1, -0.05) is 29.8 Å². The second kappa shape index (κ2) is 7.17. The lowest BCUT2D eigenvalue weighted by Crippen LogP contribution is -2.38. The Hall–Kier alpha value is -1.64. The molecule has 0 unspecified atom stereocenters. The number of hydrogen-bond acceptors (Lipinski definition) is 5. The molecular weight excluding hydrogens is 394 g/mol. The average molecular weight is 412 g/mol. The molecule has 0 spiro atoms. The minimum Gasteiger partial charge on any atom is -0.495 e. The molecule has 2 aromatic carbocycles. The van der Waals surface area contributed by atoms with Crippen LogP contribution in [0.4, 0.5) is 0 Å². The van der Waals surface area contributed by atoms with Gasteiger partial charge in [-0.05, 0) is 42.6 Å². The van der Waals surface area contributed by atoms with Crippen LogP contribution in [0.15, 0.2) is 53.4 Å². The Morgan fingerprint density at radius 2 is 1.96 bits per heavy atom. The third kappa shape index (κ3) is 3.87. The molecule has 0 aliphatic rings. The highest BCUT2D eigenvalue weighted by Crippen LogP contribution is 2.33. The number of benzene rings is 2. The van der Waals surface area contributed by atoms with E-state index in [9.17, 15) is 13.5 Å². The molecule has 3 aromatic rings. The van der Waals surface area contributed by atoms with Crippen molar-refractivity contribution in [2.24, 2.45) is 0 Å². The van der Waals surface area contributed by atoms with E-state index in [1.807, 2.05) is 30.3 Å². The van der Waals surface area contributed by atoms with Crippen LogP contribution < -0.4 is 9.46 Å². The normalized spacial score (nSPS) is 14.3. The average Bonchev–Trinajstić information content (AvgIpc) is 3.05. The summed E-state index contributed by atoms with van der Waals surface area (Å²) in [5, 5.41) is 12.1. The molecule has 3 rings (SSSR count). The lowest BCUT2D eigenvalue weighted by atomic mass is 10.1. The number of sulfonamides is 1. The summed E-state index contributed by atoms with van der Waals surface area (Å²) in [6, 6.07) is 14.0. The van der Waals surface area contributed by atoms with Gasteiger partial charge in [-0.3, -0.25) is 0 Å². The highest BCUT2D eigenvalue weighted by Gasteiger charge is 2.29. The van der Waals surface area contributed by atoms with Crippen LogP contribution >= 0.6 is 22.9 Å². The Balaban J connectivity index is 1.85. The maximum atomic E-state index is 12.7. The molecule has 0 saturated heterocycles.